The molecule has 1 aromatic carbocycles. The van der Waals surface area contributed by atoms with Crippen molar-refractivity contribution in [2.75, 3.05) is 12.3 Å². The van der Waals surface area contributed by atoms with E-state index in [1.54, 1.807) is 0 Å². The number of rotatable bonds is 5. The number of thioether (sulfide) groups is 1. The summed E-state index contributed by atoms with van der Waals surface area (Å²) in [5.41, 5.74) is 0. The SMILES string of the molecule is Clc1cccc(SCCNC2CCCC2)c1. The highest BCUT2D eigenvalue weighted by Gasteiger charge is 2.13. The molecule has 1 aromatic rings. The lowest BCUT2D eigenvalue weighted by Crippen LogP contribution is -2.27. The Morgan fingerprint density at radius 2 is 2.12 bits per heavy atom. The van der Waals surface area contributed by atoms with Gasteiger partial charge in [-0.1, -0.05) is 30.5 Å². The highest BCUT2D eigenvalue weighted by molar-refractivity contribution is 7.99. The number of hydrogen-bond donors (Lipinski definition) is 1. The van der Waals surface area contributed by atoms with Gasteiger partial charge >= 0.3 is 0 Å². The number of benzene rings is 1. The van der Waals surface area contributed by atoms with Crippen molar-refractivity contribution in [2.45, 2.75) is 36.6 Å². The summed E-state index contributed by atoms with van der Waals surface area (Å²) in [6, 6.07) is 8.85. The first kappa shape index (κ1) is 12.3. The second-order valence-electron chi connectivity index (χ2n) is 4.24. The van der Waals surface area contributed by atoms with E-state index in [9.17, 15) is 0 Å². The highest BCUT2D eigenvalue weighted by atomic mass is 35.5. The molecule has 0 radical (unpaired) electrons. The third-order valence-corrected chi connectivity index (χ3v) is 4.19. The Labute approximate surface area is 107 Å². The Morgan fingerprint density at radius 3 is 2.88 bits per heavy atom. The molecule has 1 aliphatic carbocycles. The van der Waals surface area contributed by atoms with Crippen molar-refractivity contribution >= 4 is 23.4 Å². The summed E-state index contributed by atoms with van der Waals surface area (Å²) < 4.78 is 0. The van der Waals surface area contributed by atoms with Crippen molar-refractivity contribution in [2.24, 2.45) is 0 Å². The summed E-state index contributed by atoms with van der Waals surface area (Å²) in [4.78, 5) is 1.26. The fourth-order valence-electron chi connectivity index (χ4n) is 2.12. The topological polar surface area (TPSA) is 12.0 Å². The molecule has 2 rings (SSSR count). The third kappa shape index (κ3) is 4.00. The van der Waals surface area contributed by atoms with Gasteiger partial charge in [-0.15, -0.1) is 11.8 Å². The molecule has 88 valence electrons. The van der Waals surface area contributed by atoms with Gasteiger partial charge < -0.3 is 5.32 Å². The molecule has 0 aliphatic heterocycles. The van der Waals surface area contributed by atoms with Crippen LogP contribution in [0.4, 0.5) is 0 Å². The van der Waals surface area contributed by atoms with E-state index < -0.39 is 0 Å². The van der Waals surface area contributed by atoms with Crippen LogP contribution >= 0.6 is 23.4 Å². The summed E-state index contributed by atoms with van der Waals surface area (Å²) >= 11 is 7.80. The molecule has 1 fully saturated rings. The lowest BCUT2D eigenvalue weighted by molar-refractivity contribution is 0.545. The zero-order chi connectivity index (χ0) is 11.2. The second kappa shape index (κ2) is 6.53. The highest BCUT2D eigenvalue weighted by Crippen LogP contribution is 2.21. The molecule has 1 aliphatic rings. The van der Waals surface area contributed by atoms with Gasteiger partial charge in [-0.05, 0) is 31.0 Å². The Hall–Kier alpha value is -0.180. The van der Waals surface area contributed by atoms with Crippen molar-refractivity contribution in [3.8, 4) is 0 Å². The van der Waals surface area contributed by atoms with E-state index >= 15 is 0 Å². The minimum Gasteiger partial charge on any atom is -0.313 e. The van der Waals surface area contributed by atoms with E-state index in [0.29, 0.717) is 0 Å². The molecule has 1 N–H and O–H groups in total. The Kier molecular flexibility index (Phi) is 5.01. The van der Waals surface area contributed by atoms with Crippen LogP contribution in [0.1, 0.15) is 25.7 Å². The lowest BCUT2D eigenvalue weighted by Gasteiger charge is -2.11. The van der Waals surface area contributed by atoms with Gasteiger partial charge in [0.15, 0.2) is 0 Å². The molecule has 0 spiro atoms. The summed E-state index contributed by atoms with van der Waals surface area (Å²) in [5, 5.41) is 4.44. The van der Waals surface area contributed by atoms with Gasteiger partial charge in [0.1, 0.15) is 0 Å². The van der Waals surface area contributed by atoms with Crippen LogP contribution in [0.15, 0.2) is 29.2 Å². The van der Waals surface area contributed by atoms with Crippen LogP contribution in [0.5, 0.6) is 0 Å². The molecule has 0 bridgehead atoms. The molecule has 0 atom stereocenters. The van der Waals surface area contributed by atoms with Crippen molar-refractivity contribution in [3.63, 3.8) is 0 Å². The molecule has 16 heavy (non-hydrogen) atoms. The molecular weight excluding hydrogens is 238 g/mol. The smallest absolute Gasteiger partial charge is 0.0417 e. The van der Waals surface area contributed by atoms with E-state index in [4.69, 9.17) is 11.6 Å². The van der Waals surface area contributed by atoms with Gasteiger partial charge in [-0.3, -0.25) is 0 Å². The molecular formula is C13H18ClNS. The molecule has 3 heteroatoms. The van der Waals surface area contributed by atoms with Crippen LogP contribution < -0.4 is 5.32 Å². The summed E-state index contributed by atoms with van der Waals surface area (Å²) in [6.07, 6.45) is 5.53. The molecule has 1 nitrogen and oxygen atoms in total. The monoisotopic (exact) mass is 255 g/mol. The van der Waals surface area contributed by atoms with Crippen molar-refractivity contribution < 1.29 is 0 Å². The molecule has 0 saturated heterocycles. The predicted molar refractivity (Wildman–Crippen MR) is 72.4 cm³/mol. The Morgan fingerprint density at radius 1 is 1.31 bits per heavy atom. The number of nitrogens with one attached hydrogen (secondary N) is 1. The summed E-state index contributed by atoms with van der Waals surface area (Å²) in [6.45, 7) is 1.10. The van der Waals surface area contributed by atoms with Gasteiger partial charge in [0, 0.05) is 28.3 Å². The van der Waals surface area contributed by atoms with Crippen LogP contribution in [0.3, 0.4) is 0 Å². The van der Waals surface area contributed by atoms with E-state index in [1.165, 1.54) is 30.6 Å². The van der Waals surface area contributed by atoms with Crippen LogP contribution in [0, 0.1) is 0 Å². The van der Waals surface area contributed by atoms with Crippen molar-refractivity contribution in [1.82, 2.24) is 5.32 Å². The molecule has 1 saturated carbocycles. The standard InChI is InChI=1S/C13H18ClNS/c14-11-4-3-7-13(10-11)16-9-8-15-12-5-1-2-6-12/h3-4,7,10,12,15H,1-2,5-6,8-9H2. The van der Waals surface area contributed by atoms with Crippen LogP contribution in [-0.2, 0) is 0 Å². The van der Waals surface area contributed by atoms with E-state index in [2.05, 4.69) is 11.4 Å². The van der Waals surface area contributed by atoms with Crippen LogP contribution in [0.2, 0.25) is 5.02 Å². The second-order valence-corrected chi connectivity index (χ2v) is 5.85. The fourth-order valence-corrected chi connectivity index (χ4v) is 3.21. The van der Waals surface area contributed by atoms with E-state index in [0.717, 1.165) is 23.4 Å². The zero-order valence-corrected chi connectivity index (χ0v) is 11.0. The van der Waals surface area contributed by atoms with Crippen LogP contribution in [0.25, 0.3) is 0 Å². The molecule has 0 unspecified atom stereocenters. The number of hydrogen-bond acceptors (Lipinski definition) is 2. The first-order valence-electron chi connectivity index (χ1n) is 5.96. The number of halogens is 1. The maximum Gasteiger partial charge on any atom is 0.0417 e. The molecule has 0 amide bonds. The van der Waals surface area contributed by atoms with Crippen LogP contribution in [-0.4, -0.2) is 18.3 Å². The first-order chi connectivity index (χ1) is 7.84. The zero-order valence-electron chi connectivity index (χ0n) is 9.42. The quantitative estimate of drug-likeness (QED) is 0.631. The fraction of sp³-hybridized carbons (Fsp3) is 0.538. The summed E-state index contributed by atoms with van der Waals surface area (Å²) in [5.74, 6) is 1.12. The van der Waals surface area contributed by atoms with E-state index in [-0.39, 0.29) is 0 Å². The van der Waals surface area contributed by atoms with E-state index in [1.807, 2.05) is 30.0 Å². The average Bonchev–Trinajstić information content (AvgIpc) is 2.77. The minimum atomic E-state index is 0.778. The normalized spacial score (nSPS) is 16.8. The molecule has 0 aromatic heterocycles. The predicted octanol–water partition coefficient (Wildman–Crippen LogP) is 3.96. The van der Waals surface area contributed by atoms with Gasteiger partial charge in [-0.25, -0.2) is 0 Å². The largest absolute Gasteiger partial charge is 0.313 e. The maximum absolute atomic E-state index is 5.93. The third-order valence-electron chi connectivity index (χ3n) is 2.96. The van der Waals surface area contributed by atoms with Crippen molar-refractivity contribution in [1.29, 1.82) is 0 Å². The van der Waals surface area contributed by atoms with Gasteiger partial charge in [0.05, 0.1) is 0 Å². The average molecular weight is 256 g/mol. The Bertz CT molecular complexity index is 323. The maximum atomic E-state index is 5.93. The van der Waals surface area contributed by atoms with Gasteiger partial charge in [0.2, 0.25) is 0 Å². The Balaban J connectivity index is 1.64. The van der Waals surface area contributed by atoms with Gasteiger partial charge in [-0.2, -0.15) is 0 Å². The van der Waals surface area contributed by atoms with Crippen molar-refractivity contribution in [3.05, 3.63) is 29.3 Å². The van der Waals surface area contributed by atoms with Gasteiger partial charge in [0.25, 0.3) is 0 Å². The molecule has 0 heterocycles. The lowest BCUT2D eigenvalue weighted by atomic mass is 10.2. The first-order valence-corrected chi connectivity index (χ1v) is 7.33. The summed E-state index contributed by atoms with van der Waals surface area (Å²) in [7, 11) is 0. The minimum absolute atomic E-state index is 0.778.